The number of imide groups is 2. The van der Waals surface area contributed by atoms with Crippen molar-refractivity contribution in [2.45, 2.75) is 83.1 Å². The molecule has 3 aliphatic rings. The molecule has 2 saturated heterocycles. The van der Waals surface area contributed by atoms with Crippen LogP contribution in [0.4, 0.5) is 13.9 Å². The molecular weight excluding hydrogens is 721 g/mol. The number of ether oxygens (including phenoxy) is 2. The maximum atomic E-state index is 14.8. The Morgan fingerprint density at radius 2 is 1.65 bits per heavy atom. The highest BCUT2D eigenvalue weighted by molar-refractivity contribution is 7.14. The smallest absolute Gasteiger partial charge is 0.262 e. The van der Waals surface area contributed by atoms with Gasteiger partial charge in [0.05, 0.1) is 30.0 Å². The van der Waals surface area contributed by atoms with Crippen molar-refractivity contribution in [1.29, 1.82) is 0 Å². The second kappa shape index (κ2) is 18.5. The van der Waals surface area contributed by atoms with E-state index in [1.165, 1.54) is 17.4 Å². The lowest BCUT2D eigenvalue weighted by Gasteiger charge is -2.27. The summed E-state index contributed by atoms with van der Waals surface area (Å²) in [5, 5.41) is 7.54. The Labute approximate surface area is 316 Å². The summed E-state index contributed by atoms with van der Waals surface area (Å²) in [6.45, 7) is 2.60. The number of aromatic nitrogens is 1. The van der Waals surface area contributed by atoms with Gasteiger partial charge in [-0.2, -0.15) is 4.39 Å². The summed E-state index contributed by atoms with van der Waals surface area (Å²) < 4.78 is 39.8. The molecule has 0 bridgehead atoms. The molecule has 1 aromatic heterocycles. The Morgan fingerprint density at radius 3 is 2.39 bits per heavy atom. The third-order valence-corrected chi connectivity index (χ3v) is 10.8. The molecule has 0 radical (unpaired) electrons. The minimum absolute atomic E-state index is 0.0864. The zero-order valence-corrected chi connectivity index (χ0v) is 30.9. The Bertz CT molecular complexity index is 1860. The largest absolute Gasteiger partial charge is 0.480 e. The number of unbranched alkanes of at least 4 members (excludes halogenated alkanes) is 8. The summed E-state index contributed by atoms with van der Waals surface area (Å²) in [4.78, 5) is 70.4. The topological polar surface area (TPSA) is 147 Å². The van der Waals surface area contributed by atoms with E-state index >= 15 is 0 Å². The van der Waals surface area contributed by atoms with Gasteiger partial charge in [-0.25, -0.2) is 9.37 Å². The van der Waals surface area contributed by atoms with Gasteiger partial charge in [0.1, 0.15) is 6.04 Å². The zero-order valence-electron chi connectivity index (χ0n) is 30.1. The van der Waals surface area contributed by atoms with Crippen LogP contribution in [0.15, 0.2) is 35.7 Å². The van der Waals surface area contributed by atoms with Gasteiger partial charge in [-0.05, 0) is 49.4 Å². The summed E-state index contributed by atoms with van der Waals surface area (Å²) in [7, 11) is 0. The number of nitrogens with zero attached hydrogens (tertiary/aromatic N) is 3. The first-order valence-corrected chi connectivity index (χ1v) is 19.6. The number of fused-ring (bicyclic) bond motifs is 1. The summed E-state index contributed by atoms with van der Waals surface area (Å²) in [5.41, 5.74) is 2.22. The highest BCUT2D eigenvalue weighted by Crippen LogP contribution is 2.36. The van der Waals surface area contributed by atoms with Gasteiger partial charge in [-0.1, -0.05) is 57.1 Å². The van der Waals surface area contributed by atoms with E-state index in [0.717, 1.165) is 79.4 Å². The van der Waals surface area contributed by atoms with Crippen LogP contribution in [0.25, 0.3) is 11.3 Å². The van der Waals surface area contributed by atoms with Crippen molar-refractivity contribution in [2.75, 3.05) is 44.4 Å². The normalized spacial score (nSPS) is 17.2. The van der Waals surface area contributed by atoms with Crippen LogP contribution in [0.5, 0.6) is 5.75 Å². The van der Waals surface area contributed by atoms with E-state index in [1.807, 2.05) is 6.07 Å². The first-order chi connectivity index (χ1) is 26.2. The number of anilines is 1. The van der Waals surface area contributed by atoms with E-state index in [-0.39, 0.29) is 24.2 Å². The highest BCUT2D eigenvalue weighted by Gasteiger charge is 2.45. The third-order valence-electron chi connectivity index (χ3n) is 9.95. The van der Waals surface area contributed by atoms with Gasteiger partial charge in [0.2, 0.25) is 17.6 Å². The van der Waals surface area contributed by atoms with Crippen LogP contribution in [0.1, 0.15) is 96.9 Å². The molecule has 2 N–H and O–H groups in total. The van der Waals surface area contributed by atoms with E-state index in [1.54, 1.807) is 17.5 Å². The maximum absolute atomic E-state index is 14.8. The molecule has 54 heavy (non-hydrogen) atoms. The molecule has 4 heterocycles. The number of amides is 5. The number of aryl methyl sites for hydroxylation is 1. The molecule has 3 aliphatic heterocycles. The molecule has 15 heteroatoms. The molecule has 1 atom stereocenters. The number of benzene rings is 2. The lowest BCUT2D eigenvalue weighted by molar-refractivity contribution is -0.136. The van der Waals surface area contributed by atoms with Gasteiger partial charge in [-0.3, -0.25) is 34.2 Å². The van der Waals surface area contributed by atoms with Crippen molar-refractivity contribution in [3.63, 3.8) is 0 Å². The van der Waals surface area contributed by atoms with E-state index in [0.29, 0.717) is 56.1 Å². The van der Waals surface area contributed by atoms with Gasteiger partial charge in [-0.15, -0.1) is 11.3 Å². The van der Waals surface area contributed by atoms with Crippen LogP contribution < -0.4 is 20.3 Å². The SMILES string of the molecule is O=C(COc1c(-c2csc(N3CCOCC3)n2)ccc(F)c1F)NCCCCCCCCCCCc1cccc2c1C(=O)N(C1CCC(=O)NC1=O)C2=O. The van der Waals surface area contributed by atoms with Gasteiger partial charge >= 0.3 is 0 Å². The zero-order chi connectivity index (χ0) is 38.0. The van der Waals surface area contributed by atoms with Crippen LogP contribution in [0.2, 0.25) is 0 Å². The van der Waals surface area contributed by atoms with Crippen molar-refractivity contribution < 1.29 is 42.2 Å². The minimum atomic E-state index is -1.16. The number of hydrogen-bond donors (Lipinski definition) is 2. The quantitative estimate of drug-likeness (QED) is 0.125. The van der Waals surface area contributed by atoms with Crippen molar-refractivity contribution in [3.8, 4) is 17.0 Å². The number of hydrogen-bond acceptors (Lipinski definition) is 10. The van der Waals surface area contributed by atoms with Gasteiger partial charge in [0.15, 0.2) is 23.3 Å². The molecule has 1 unspecified atom stereocenters. The van der Waals surface area contributed by atoms with E-state index in [2.05, 4.69) is 20.5 Å². The fourth-order valence-corrected chi connectivity index (χ4v) is 7.93. The average Bonchev–Trinajstić information content (AvgIpc) is 3.76. The van der Waals surface area contributed by atoms with E-state index < -0.39 is 53.8 Å². The maximum Gasteiger partial charge on any atom is 0.262 e. The molecule has 2 fully saturated rings. The van der Waals surface area contributed by atoms with E-state index in [9.17, 15) is 32.8 Å². The summed E-state index contributed by atoms with van der Waals surface area (Å²) in [6, 6.07) is 6.71. The Balaban J connectivity index is 0.833. The lowest BCUT2D eigenvalue weighted by atomic mass is 9.97. The van der Waals surface area contributed by atoms with Gasteiger partial charge in [0, 0.05) is 37.0 Å². The van der Waals surface area contributed by atoms with Crippen molar-refractivity contribution in [3.05, 3.63) is 64.0 Å². The first kappa shape index (κ1) is 38.9. The first-order valence-electron chi connectivity index (χ1n) is 18.7. The number of piperidine rings is 1. The summed E-state index contributed by atoms with van der Waals surface area (Å²) in [5.74, 6) is -4.94. The molecule has 0 saturated carbocycles. The highest BCUT2D eigenvalue weighted by atomic mass is 32.1. The van der Waals surface area contributed by atoms with Crippen LogP contribution in [-0.4, -0.2) is 84.9 Å². The standard InChI is InChI=1S/C39H45F2N5O7S/c40-28-15-14-26(29-24-54-39(43-29)45-19-21-52-22-20-45)35(34(28)41)53-23-32(48)42-18-9-7-5-3-1-2-4-6-8-11-25-12-10-13-27-33(25)38(51)46(37(27)50)30-16-17-31(47)44-36(30)49/h10,12-15,24,30H,1-9,11,16-23H2,(H,42,48)(H,44,47,49). The molecule has 0 spiro atoms. The van der Waals surface area contributed by atoms with E-state index in [4.69, 9.17) is 9.47 Å². The van der Waals surface area contributed by atoms with Crippen molar-refractivity contribution >= 4 is 46.0 Å². The van der Waals surface area contributed by atoms with Crippen molar-refractivity contribution in [1.82, 2.24) is 20.5 Å². The van der Waals surface area contributed by atoms with Crippen LogP contribution in [-0.2, 0) is 25.5 Å². The number of thiazole rings is 1. The molecule has 12 nitrogen and oxygen atoms in total. The van der Waals surface area contributed by atoms with Crippen molar-refractivity contribution in [2.24, 2.45) is 0 Å². The Hall–Kier alpha value is -4.76. The van der Waals surface area contributed by atoms with Crippen LogP contribution >= 0.6 is 11.3 Å². The lowest BCUT2D eigenvalue weighted by Crippen LogP contribution is -2.54. The molecule has 2 aromatic carbocycles. The average molecular weight is 766 g/mol. The molecule has 3 aromatic rings. The van der Waals surface area contributed by atoms with Crippen LogP contribution in [0.3, 0.4) is 0 Å². The molecule has 288 valence electrons. The summed E-state index contributed by atoms with van der Waals surface area (Å²) >= 11 is 1.40. The number of nitrogens with one attached hydrogen (secondary N) is 2. The summed E-state index contributed by atoms with van der Waals surface area (Å²) in [6.07, 6.45) is 9.77. The number of carbonyl (C=O) groups excluding carboxylic acids is 5. The molecule has 6 rings (SSSR count). The minimum Gasteiger partial charge on any atom is -0.480 e. The van der Waals surface area contributed by atoms with Gasteiger partial charge in [0.25, 0.3) is 17.7 Å². The number of morpholine rings is 1. The van der Waals surface area contributed by atoms with Crippen LogP contribution in [0, 0.1) is 11.6 Å². The number of rotatable bonds is 18. The Kier molecular flexibility index (Phi) is 13.4. The predicted molar refractivity (Wildman–Crippen MR) is 197 cm³/mol. The Morgan fingerprint density at radius 1 is 0.926 bits per heavy atom. The predicted octanol–water partition coefficient (Wildman–Crippen LogP) is 5.57. The second-order valence-corrected chi connectivity index (χ2v) is 14.5. The number of carbonyl (C=O) groups is 5. The third kappa shape index (κ3) is 9.30. The number of halogens is 2. The molecule has 0 aliphatic carbocycles. The monoisotopic (exact) mass is 765 g/mol. The molecular formula is C39H45F2N5O7S. The fourth-order valence-electron chi connectivity index (χ4n) is 7.05. The second-order valence-electron chi connectivity index (χ2n) is 13.7. The fraction of sp³-hybridized carbons (Fsp3) is 0.487. The van der Waals surface area contributed by atoms with Gasteiger partial charge < -0.3 is 19.7 Å². The molecule has 5 amide bonds.